The van der Waals surface area contributed by atoms with Gasteiger partial charge in [-0.3, -0.25) is 0 Å². The van der Waals surface area contributed by atoms with Crippen LogP contribution in [0, 0.1) is 5.92 Å². The lowest BCUT2D eigenvalue weighted by atomic mass is 9.85. The Bertz CT molecular complexity index is 284. The van der Waals surface area contributed by atoms with Gasteiger partial charge in [-0.15, -0.1) is 0 Å². The molecule has 0 radical (unpaired) electrons. The smallest absolute Gasteiger partial charge is 0.00182 e. The predicted octanol–water partition coefficient (Wildman–Crippen LogP) is 3.76. The fourth-order valence-electron chi connectivity index (χ4n) is 1.94. The highest BCUT2D eigenvalue weighted by molar-refractivity contribution is 5.24. The van der Waals surface area contributed by atoms with Crippen molar-refractivity contribution in [3.8, 4) is 0 Å². The maximum Gasteiger partial charge on any atom is 0.00182 e. The molecule has 0 bridgehead atoms. The quantitative estimate of drug-likeness (QED) is 0.566. The molecule has 1 aromatic carbocycles. The first kappa shape index (κ1) is 8.55. The van der Waals surface area contributed by atoms with E-state index in [0.29, 0.717) is 5.92 Å². The highest BCUT2D eigenvalue weighted by Gasteiger charge is 2.13. The molecule has 0 aromatic heterocycles. The second-order valence-corrected chi connectivity index (χ2v) is 3.96. The zero-order chi connectivity index (χ0) is 9.10. The lowest BCUT2D eigenvalue weighted by molar-refractivity contribution is 0.545. The van der Waals surface area contributed by atoms with E-state index in [1.807, 2.05) is 0 Å². The standard InChI is InChI=1S/C13H16/c1-11-7-9-13(10-8-11)12-5-3-2-4-6-12/h2-7,9,11,13H,8,10H2,1H3/t11-,13-/m0/s1. The molecule has 0 spiro atoms. The van der Waals surface area contributed by atoms with Crippen LogP contribution in [0.5, 0.6) is 0 Å². The highest BCUT2D eigenvalue weighted by atomic mass is 14.2. The summed E-state index contributed by atoms with van der Waals surface area (Å²) < 4.78 is 0. The summed E-state index contributed by atoms with van der Waals surface area (Å²) in [5.41, 5.74) is 1.46. The molecular weight excluding hydrogens is 156 g/mol. The number of hydrogen-bond acceptors (Lipinski definition) is 0. The summed E-state index contributed by atoms with van der Waals surface area (Å²) >= 11 is 0. The Morgan fingerprint density at radius 3 is 2.38 bits per heavy atom. The molecule has 0 unspecified atom stereocenters. The molecule has 0 N–H and O–H groups in total. The van der Waals surface area contributed by atoms with Crippen molar-refractivity contribution in [3.63, 3.8) is 0 Å². The molecule has 0 heterocycles. The first-order valence-electron chi connectivity index (χ1n) is 5.09. The molecule has 1 aliphatic rings. The fourth-order valence-corrected chi connectivity index (χ4v) is 1.94. The number of hydrogen-bond donors (Lipinski definition) is 0. The molecule has 1 aromatic rings. The van der Waals surface area contributed by atoms with Crippen molar-refractivity contribution < 1.29 is 0 Å². The van der Waals surface area contributed by atoms with Gasteiger partial charge in [0.15, 0.2) is 0 Å². The van der Waals surface area contributed by atoms with Crippen LogP contribution in [0.2, 0.25) is 0 Å². The minimum atomic E-state index is 0.664. The molecule has 68 valence electrons. The van der Waals surface area contributed by atoms with Gasteiger partial charge in [0, 0.05) is 5.92 Å². The van der Waals surface area contributed by atoms with Crippen LogP contribution in [0.1, 0.15) is 31.2 Å². The van der Waals surface area contributed by atoms with Crippen molar-refractivity contribution in [1.82, 2.24) is 0 Å². The van der Waals surface area contributed by atoms with E-state index in [-0.39, 0.29) is 0 Å². The molecule has 2 rings (SSSR count). The van der Waals surface area contributed by atoms with Gasteiger partial charge in [0.2, 0.25) is 0 Å². The second-order valence-electron chi connectivity index (χ2n) is 3.96. The Labute approximate surface area is 80.3 Å². The summed E-state index contributed by atoms with van der Waals surface area (Å²) in [5, 5.41) is 0. The summed E-state index contributed by atoms with van der Waals surface area (Å²) in [5.74, 6) is 1.44. The van der Waals surface area contributed by atoms with Crippen molar-refractivity contribution >= 4 is 0 Å². The van der Waals surface area contributed by atoms with E-state index in [4.69, 9.17) is 0 Å². The van der Waals surface area contributed by atoms with Crippen molar-refractivity contribution in [2.24, 2.45) is 5.92 Å². The van der Waals surface area contributed by atoms with E-state index in [9.17, 15) is 0 Å². The second kappa shape index (κ2) is 3.78. The zero-order valence-corrected chi connectivity index (χ0v) is 8.11. The summed E-state index contributed by atoms with van der Waals surface area (Å²) in [6.45, 7) is 2.29. The number of rotatable bonds is 1. The van der Waals surface area contributed by atoms with Gasteiger partial charge in [-0.25, -0.2) is 0 Å². The number of benzene rings is 1. The van der Waals surface area contributed by atoms with Gasteiger partial charge in [0.05, 0.1) is 0 Å². The Kier molecular flexibility index (Phi) is 2.49. The number of allylic oxidation sites excluding steroid dienone is 2. The Morgan fingerprint density at radius 1 is 1.00 bits per heavy atom. The van der Waals surface area contributed by atoms with Gasteiger partial charge >= 0.3 is 0 Å². The van der Waals surface area contributed by atoms with Gasteiger partial charge in [-0.2, -0.15) is 0 Å². The summed E-state index contributed by atoms with van der Waals surface area (Å²) in [7, 11) is 0. The van der Waals surface area contributed by atoms with Crippen molar-refractivity contribution in [2.45, 2.75) is 25.7 Å². The van der Waals surface area contributed by atoms with E-state index in [2.05, 4.69) is 49.4 Å². The van der Waals surface area contributed by atoms with Crippen LogP contribution < -0.4 is 0 Å². The Morgan fingerprint density at radius 2 is 1.77 bits per heavy atom. The third-order valence-electron chi connectivity index (χ3n) is 2.83. The average molecular weight is 172 g/mol. The van der Waals surface area contributed by atoms with E-state index < -0.39 is 0 Å². The van der Waals surface area contributed by atoms with E-state index in [1.165, 1.54) is 18.4 Å². The largest absolute Gasteiger partial charge is 0.0851 e. The lowest BCUT2D eigenvalue weighted by Crippen LogP contribution is -2.04. The molecule has 13 heavy (non-hydrogen) atoms. The topological polar surface area (TPSA) is 0 Å². The zero-order valence-electron chi connectivity index (χ0n) is 8.11. The summed E-state index contributed by atoms with van der Waals surface area (Å²) in [6.07, 6.45) is 7.35. The van der Waals surface area contributed by atoms with Crippen molar-refractivity contribution in [1.29, 1.82) is 0 Å². The molecule has 0 fully saturated rings. The fraction of sp³-hybridized carbons (Fsp3) is 0.385. The maximum atomic E-state index is 2.36. The monoisotopic (exact) mass is 172 g/mol. The Hall–Kier alpha value is -1.04. The minimum absolute atomic E-state index is 0.664. The predicted molar refractivity (Wildman–Crippen MR) is 56.7 cm³/mol. The average Bonchev–Trinajstić information content (AvgIpc) is 2.20. The van der Waals surface area contributed by atoms with E-state index >= 15 is 0 Å². The Balaban J connectivity index is 2.15. The molecule has 1 aliphatic carbocycles. The van der Waals surface area contributed by atoms with Crippen LogP contribution in [0.15, 0.2) is 42.5 Å². The van der Waals surface area contributed by atoms with Crippen LogP contribution in [0.4, 0.5) is 0 Å². The third-order valence-corrected chi connectivity index (χ3v) is 2.83. The van der Waals surface area contributed by atoms with Crippen LogP contribution in [0.3, 0.4) is 0 Å². The van der Waals surface area contributed by atoms with Gasteiger partial charge < -0.3 is 0 Å². The molecule has 0 aliphatic heterocycles. The van der Waals surface area contributed by atoms with Crippen LogP contribution >= 0.6 is 0 Å². The SMILES string of the molecule is C[C@H]1C=C[C@H](c2ccccc2)CC1. The summed E-state index contributed by atoms with van der Waals surface area (Å²) in [6, 6.07) is 10.8. The van der Waals surface area contributed by atoms with Crippen molar-refractivity contribution in [3.05, 3.63) is 48.0 Å². The van der Waals surface area contributed by atoms with Gasteiger partial charge in [0.25, 0.3) is 0 Å². The maximum absolute atomic E-state index is 2.36. The molecular formula is C13H16. The highest BCUT2D eigenvalue weighted by Crippen LogP contribution is 2.29. The minimum Gasteiger partial charge on any atom is -0.0851 e. The molecule has 0 nitrogen and oxygen atoms in total. The lowest BCUT2D eigenvalue weighted by Gasteiger charge is -2.20. The first-order chi connectivity index (χ1) is 6.36. The van der Waals surface area contributed by atoms with Gasteiger partial charge in [0.1, 0.15) is 0 Å². The van der Waals surface area contributed by atoms with Crippen LogP contribution in [-0.4, -0.2) is 0 Å². The molecule has 0 heteroatoms. The molecule has 0 saturated heterocycles. The van der Waals surface area contributed by atoms with Gasteiger partial charge in [-0.1, -0.05) is 49.4 Å². The van der Waals surface area contributed by atoms with E-state index in [0.717, 1.165) is 5.92 Å². The normalized spacial score (nSPS) is 27.5. The van der Waals surface area contributed by atoms with Gasteiger partial charge in [-0.05, 0) is 24.3 Å². The van der Waals surface area contributed by atoms with Crippen LogP contribution in [0.25, 0.3) is 0 Å². The third kappa shape index (κ3) is 2.00. The summed E-state index contributed by atoms with van der Waals surface area (Å²) in [4.78, 5) is 0. The molecule has 0 amide bonds. The molecule has 2 atom stereocenters. The van der Waals surface area contributed by atoms with Crippen LogP contribution in [-0.2, 0) is 0 Å². The first-order valence-corrected chi connectivity index (χ1v) is 5.09. The molecule has 0 saturated carbocycles. The van der Waals surface area contributed by atoms with E-state index in [1.54, 1.807) is 0 Å². The van der Waals surface area contributed by atoms with Crippen molar-refractivity contribution in [2.75, 3.05) is 0 Å².